The molecule has 1 fully saturated rings. The first-order chi connectivity index (χ1) is 16.5. The maximum Gasteiger partial charge on any atom is 0.416 e. The Kier molecular flexibility index (Phi) is 8.53. The van der Waals surface area contributed by atoms with E-state index in [1.807, 2.05) is 48.3 Å². The first-order valence-electron chi connectivity index (χ1n) is 11.9. The molecule has 2 aromatic carbocycles. The van der Waals surface area contributed by atoms with Crippen molar-refractivity contribution in [3.63, 3.8) is 0 Å². The molecule has 0 saturated heterocycles. The van der Waals surface area contributed by atoms with E-state index in [9.17, 15) is 31.6 Å². The van der Waals surface area contributed by atoms with Crippen molar-refractivity contribution in [3.05, 3.63) is 70.8 Å². The predicted octanol–water partition coefficient (Wildman–Crippen LogP) is 7.98. The highest BCUT2D eigenvalue weighted by Crippen LogP contribution is 2.51. The summed E-state index contributed by atoms with van der Waals surface area (Å²) < 4.78 is 84.3. The molecule has 0 spiro atoms. The number of alkyl halides is 6. The fourth-order valence-electron chi connectivity index (χ4n) is 5.44. The average Bonchev–Trinajstić information content (AvgIpc) is 2.82. The third kappa shape index (κ3) is 6.38. The fourth-order valence-corrected chi connectivity index (χ4v) is 5.44. The highest BCUT2D eigenvalue weighted by molar-refractivity contribution is 5.48. The van der Waals surface area contributed by atoms with Crippen LogP contribution < -0.4 is 0 Å². The van der Waals surface area contributed by atoms with Gasteiger partial charge in [0.1, 0.15) is 0 Å². The van der Waals surface area contributed by atoms with Crippen LogP contribution >= 0.6 is 0 Å². The maximum absolute atomic E-state index is 14.1. The molecule has 190 valence electrons. The number of hydrogen-bond acceptors (Lipinski definition) is 2. The Labute approximate surface area is 202 Å². The second-order valence-corrected chi connectivity index (χ2v) is 9.47. The fraction of sp³-hybridized carbons (Fsp3) is 0.519. The average molecular weight is 497 g/mol. The van der Waals surface area contributed by atoms with Gasteiger partial charge in [-0.2, -0.15) is 31.6 Å². The van der Waals surface area contributed by atoms with E-state index in [1.54, 1.807) is 0 Å². The van der Waals surface area contributed by atoms with Crippen LogP contribution in [0, 0.1) is 17.2 Å². The van der Waals surface area contributed by atoms with Gasteiger partial charge in [-0.1, -0.05) is 55.7 Å². The Bertz CT molecular complexity index is 971. The third-order valence-corrected chi connectivity index (χ3v) is 7.03. The summed E-state index contributed by atoms with van der Waals surface area (Å²) in [4.78, 5) is 1.97. The van der Waals surface area contributed by atoms with Gasteiger partial charge in [0.25, 0.3) is 0 Å². The largest absolute Gasteiger partial charge is 0.416 e. The van der Waals surface area contributed by atoms with Gasteiger partial charge in [-0.15, -0.1) is 0 Å². The van der Waals surface area contributed by atoms with Crippen molar-refractivity contribution >= 4 is 0 Å². The molecule has 1 unspecified atom stereocenters. The van der Waals surface area contributed by atoms with Gasteiger partial charge in [-0.3, -0.25) is 0 Å². The van der Waals surface area contributed by atoms with Crippen molar-refractivity contribution in [1.29, 1.82) is 5.26 Å². The van der Waals surface area contributed by atoms with Crippen molar-refractivity contribution in [1.82, 2.24) is 4.90 Å². The SMILES string of the molecule is CN(CCCC(C#N)(c1c(C(F)(F)F)cccc1C(F)(F)F)C1CCCCC1)Cc1ccccc1. The van der Waals surface area contributed by atoms with Crippen LogP contribution in [-0.4, -0.2) is 18.5 Å². The molecule has 0 aromatic heterocycles. The van der Waals surface area contributed by atoms with Gasteiger partial charge >= 0.3 is 12.4 Å². The van der Waals surface area contributed by atoms with Crippen LogP contribution in [0.5, 0.6) is 0 Å². The van der Waals surface area contributed by atoms with E-state index < -0.39 is 40.4 Å². The van der Waals surface area contributed by atoms with Crippen LogP contribution in [0.2, 0.25) is 0 Å². The van der Waals surface area contributed by atoms with Crippen LogP contribution in [0.1, 0.15) is 67.2 Å². The smallest absolute Gasteiger partial charge is 0.302 e. The Morgan fingerprint density at radius 2 is 1.43 bits per heavy atom. The van der Waals surface area contributed by atoms with E-state index in [1.165, 1.54) is 0 Å². The van der Waals surface area contributed by atoms with Crippen molar-refractivity contribution in [3.8, 4) is 6.07 Å². The standard InChI is InChI=1S/C27H30F6N2/c1-35(18-20-10-4-2-5-11-20)17-9-16-25(19-34,21-12-6-3-7-13-21)24-22(26(28,29)30)14-8-15-23(24)27(31,32)33/h2,4-5,8,10-11,14-15,21H,3,6-7,9,12-13,16-18H2,1H3. The predicted molar refractivity (Wildman–Crippen MR) is 122 cm³/mol. The molecule has 2 nitrogen and oxygen atoms in total. The molecule has 0 heterocycles. The summed E-state index contributed by atoms with van der Waals surface area (Å²) in [5, 5.41) is 10.4. The summed E-state index contributed by atoms with van der Waals surface area (Å²) in [7, 11) is 1.85. The summed E-state index contributed by atoms with van der Waals surface area (Å²) in [6, 6.07) is 13.8. The number of hydrogen-bond donors (Lipinski definition) is 0. The Morgan fingerprint density at radius 1 is 0.857 bits per heavy atom. The molecule has 0 amide bonds. The van der Waals surface area contributed by atoms with Gasteiger partial charge in [-0.05, 0) is 68.5 Å². The molecular weight excluding hydrogens is 466 g/mol. The molecule has 2 aromatic rings. The van der Waals surface area contributed by atoms with E-state index in [2.05, 4.69) is 0 Å². The molecule has 3 rings (SSSR count). The molecule has 35 heavy (non-hydrogen) atoms. The zero-order valence-electron chi connectivity index (χ0n) is 19.7. The Hall–Kier alpha value is -2.53. The molecule has 0 N–H and O–H groups in total. The molecule has 1 atom stereocenters. The summed E-state index contributed by atoms with van der Waals surface area (Å²) in [6.07, 6.45) is -6.64. The summed E-state index contributed by atoms with van der Waals surface area (Å²) in [5.41, 5.74) is -4.41. The van der Waals surface area contributed by atoms with E-state index >= 15 is 0 Å². The number of halogens is 6. The highest BCUT2D eigenvalue weighted by Gasteiger charge is 2.51. The Morgan fingerprint density at radius 3 is 1.94 bits per heavy atom. The summed E-state index contributed by atoms with van der Waals surface area (Å²) in [5.74, 6) is -0.565. The number of rotatable bonds is 8. The lowest BCUT2D eigenvalue weighted by Crippen LogP contribution is -2.40. The molecule has 0 bridgehead atoms. The van der Waals surface area contributed by atoms with Crippen molar-refractivity contribution in [2.45, 2.75) is 69.3 Å². The van der Waals surface area contributed by atoms with Gasteiger partial charge in [-0.25, -0.2) is 0 Å². The van der Waals surface area contributed by atoms with Crippen LogP contribution in [0.3, 0.4) is 0 Å². The van der Waals surface area contributed by atoms with Gasteiger partial charge in [0.2, 0.25) is 0 Å². The first-order valence-corrected chi connectivity index (χ1v) is 11.9. The molecule has 1 saturated carbocycles. The monoisotopic (exact) mass is 496 g/mol. The minimum Gasteiger partial charge on any atom is -0.302 e. The third-order valence-electron chi connectivity index (χ3n) is 7.03. The number of nitriles is 1. The van der Waals surface area contributed by atoms with E-state index in [0.29, 0.717) is 57.3 Å². The van der Waals surface area contributed by atoms with E-state index in [-0.39, 0.29) is 6.42 Å². The molecule has 1 aliphatic carbocycles. The minimum atomic E-state index is -5.00. The maximum atomic E-state index is 14.1. The lowest BCUT2D eigenvalue weighted by Gasteiger charge is -2.41. The van der Waals surface area contributed by atoms with Crippen LogP contribution in [-0.2, 0) is 24.3 Å². The highest BCUT2D eigenvalue weighted by atomic mass is 19.4. The Balaban J connectivity index is 2.01. The summed E-state index contributed by atoms with van der Waals surface area (Å²) in [6.45, 7) is 1.04. The van der Waals surface area contributed by atoms with Crippen molar-refractivity contribution in [2.75, 3.05) is 13.6 Å². The lowest BCUT2D eigenvalue weighted by atomic mass is 9.61. The van der Waals surface area contributed by atoms with Crippen molar-refractivity contribution < 1.29 is 26.3 Å². The summed E-state index contributed by atoms with van der Waals surface area (Å²) >= 11 is 0. The van der Waals surface area contributed by atoms with Gasteiger partial charge < -0.3 is 4.90 Å². The van der Waals surface area contributed by atoms with Gasteiger partial charge in [0.05, 0.1) is 22.6 Å². The molecule has 0 radical (unpaired) electrons. The molecule has 1 aliphatic rings. The van der Waals surface area contributed by atoms with Crippen LogP contribution in [0.25, 0.3) is 0 Å². The molecule has 8 heteroatoms. The first kappa shape index (κ1) is 27.1. The normalized spacial score (nSPS) is 17.2. The van der Waals surface area contributed by atoms with E-state index in [4.69, 9.17) is 0 Å². The number of benzene rings is 2. The van der Waals surface area contributed by atoms with Crippen LogP contribution in [0.4, 0.5) is 26.3 Å². The van der Waals surface area contributed by atoms with E-state index in [0.717, 1.165) is 18.1 Å². The van der Waals surface area contributed by atoms with Crippen molar-refractivity contribution in [2.24, 2.45) is 5.92 Å². The van der Waals surface area contributed by atoms with Gasteiger partial charge in [0.15, 0.2) is 0 Å². The van der Waals surface area contributed by atoms with Crippen LogP contribution in [0.15, 0.2) is 48.5 Å². The molecule has 0 aliphatic heterocycles. The quantitative estimate of drug-likeness (QED) is 0.347. The molecular formula is C27H30F6N2. The lowest BCUT2D eigenvalue weighted by molar-refractivity contribution is -0.145. The topological polar surface area (TPSA) is 27.0 Å². The van der Waals surface area contributed by atoms with Gasteiger partial charge in [0, 0.05) is 6.54 Å². The second-order valence-electron chi connectivity index (χ2n) is 9.47. The second kappa shape index (κ2) is 11.0. The number of nitrogens with zero attached hydrogens (tertiary/aromatic N) is 2. The minimum absolute atomic E-state index is 0.0660. The zero-order valence-corrected chi connectivity index (χ0v) is 19.7. The zero-order chi connectivity index (χ0) is 25.7.